The van der Waals surface area contributed by atoms with Gasteiger partial charge in [-0.05, 0) is 11.6 Å². The highest BCUT2D eigenvalue weighted by Crippen LogP contribution is 2.25. The Bertz CT molecular complexity index is 841. The van der Waals surface area contributed by atoms with Crippen LogP contribution in [-0.4, -0.2) is 27.8 Å². The van der Waals surface area contributed by atoms with E-state index < -0.39 is 41.0 Å². The summed E-state index contributed by atoms with van der Waals surface area (Å²) in [5.41, 5.74) is 0.100. The third-order valence-corrected chi connectivity index (χ3v) is 4.00. The fourth-order valence-corrected chi connectivity index (χ4v) is 2.75. The van der Waals surface area contributed by atoms with Crippen molar-refractivity contribution in [2.45, 2.75) is 19.0 Å². The zero-order chi connectivity index (χ0) is 18.0. The number of urea groups is 1. The fraction of sp³-hybridized carbons (Fsp3) is 0.176. The van der Waals surface area contributed by atoms with Crippen LogP contribution in [0.5, 0.6) is 0 Å². The summed E-state index contributed by atoms with van der Waals surface area (Å²) in [6.07, 6.45) is 0.293. The van der Waals surface area contributed by atoms with Crippen molar-refractivity contribution < 1.29 is 18.9 Å². The first-order chi connectivity index (χ1) is 12.0. The standard InChI is InChI=1S/C17H14FN3O4/c18-13-7-4-8-15(21(24)25)12(13)10-20-16(22)14(19-17(20)23)9-11-5-2-1-3-6-11/h1-8,14H,9-10H2,(H,19,23). The predicted octanol–water partition coefficient (Wildman–Crippen LogP) is 2.40. The number of nitrogens with one attached hydrogen (secondary N) is 1. The van der Waals surface area contributed by atoms with Gasteiger partial charge in [-0.25, -0.2) is 9.18 Å². The van der Waals surface area contributed by atoms with Gasteiger partial charge in [-0.3, -0.25) is 19.8 Å². The Morgan fingerprint density at radius 1 is 1.12 bits per heavy atom. The van der Waals surface area contributed by atoms with Gasteiger partial charge in [-0.15, -0.1) is 0 Å². The molecule has 2 aromatic carbocycles. The molecule has 1 N–H and O–H groups in total. The van der Waals surface area contributed by atoms with Gasteiger partial charge in [0.1, 0.15) is 11.9 Å². The number of nitrogens with zero attached hydrogens (tertiary/aromatic N) is 2. The van der Waals surface area contributed by atoms with E-state index in [9.17, 15) is 24.1 Å². The monoisotopic (exact) mass is 343 g/mol. The Labute approximate surface area is 142 Å². The zero-order valence-corrected chi connectivity index (χ0v) is 13.0. The molecule has 7 nitrogen and oxygen atoms in total. The van der Waals surface area contributed by atoms with Gasteiger partial charge in [0.15, 0.2) is 0 Å². The summed E-state index contributed by atoms with van der Waals surface area (Å²) in [4.78, 5) is 35.7. The quantitative estimate of drug-likeness (QED) is 0.512. The fourth-order valence-electron chi connectivity index (χ4n) is 2.75. The number of hydrogen-bond acceptors (Lipinski definition) is 4. The zero-order valence-electron chi connectivity index (χ0n) is 13.0. The predicted molar refractivity (Wildman–Crippen MR) is 86.1 cm³/mol. The normalized spacial score (nSPS) is 16.8. The molecular formula is C17H14FN3O4. The molecule has 0 aromatic heterocycles. The van der Waals surface area contributed by atoms with Crippen molar-refractivity contribution in [3.8, 4) is 0 Å². The second kappa shape index (κ2) is 6.68. The molecule has 128 valence electrons. The van der Waals surface area contributed by atoms with Gasteiger partial charge in [0, 0.05) is 12.5 Å². The van der Waals surface area contributed by atoms with Crippen LogP contribution in [0.1, 0.15) is 11.1 Å². The lowest BCUT2D eigenvalue weighted by molar-refractivity contribution is -0.385. The van der Waals surface area contributed by atoms with Crippen LogP contribution in [0, 0.1) is 15.9 Å². The minimum Gasteiger partial charge on any atom is -0.325 e. The van der Waals surface area contributed by atoms with Crippen molar-refractivity contribution >= 4 is 17.6 Å². The Morgan fingerprint density at radius 3 is 2.52 bits per heavy atom. The van der Waals surface area contributed by atoms with E-state index in [0.29, 0.717) is 6.42 Å². The van der Waals surface area contributed by atoms with Crippen molar-refractivity contribution in [2.24, 2.45) is 0 Å². The van der Waals surface area contributed by atoms with E-state index in [1.807, 2.05) is 30.3 Å². The van der Waals surface area contributed by atoms with Gasteiger partial charge >= 0.3 is 6.03 Å². The molecule has 2 aromatic rings. The van der Waals surface area contributed by atoms with E-state index >= 15 is 0 Å². The lowest BCUT2D eigenvalue weighted by Crippen LogP contribution is -2.32. The molecular weight excluding hydrogens is 329 g/mol. The van der Waals surface area contributed by atoms with Crippen molar-refractivity contribution in [3.63, 3.8) is 0 Å². The summed E-state index contributed by atoms with van der Waals surface area (Å²) >= 11 is 0. The molecule has 0 bridgehead atoms. The summed E-state index contributed by atoms with van der Waals surface area (Å²) in [5, 5.41) is 13.6. The number of amides is 3. The minimum atomic E-state index is -0.832. The number of nitro benzene ring substituents is 1. The average Bonchev–Trinajstić information content (AvgIpc) is 2.84. The van der Waals surface area contributed by atoms with Gasteiger partial charge in [0.2, 0.25) is 0 Å². The van der Waals surface area contributed by atoms with Crippen LogP contribution < -0.4 is 5.32 Å². The second-order valence-electron chi connectivity index (χ2n) is 5.61. The number of rotatable bonds is 5. The van der Waals surface area contributed by atoms with Gasteiger partial charge in [-0.2, -0.15) is 0 Å². The molecule has 1 fully saturated rings. The van der Waals surface area contributed by atoms with Crippen molar-refractivity contribution in [3.05, 3.63) is 75.6 Å². The first-order valence-corrected chi connectivity index (χ1v) is 7.55. The summed E-state index contributed by atoms with van der Waals surface area (Å²) in [6.45, 7) is -0.487. The number of hydrogen-bond donors (Lipinski definition) is 1. The van der Waals surface area contributed by atoms with Crippen LogP contribution in [0.25, 0.3) is 0 Å². The molecule has 1 aliphatic heterocycles. The summed E-state index contributed by atoms with van der Waals surface area (Å²) in [6, 6.07) is 11.1. The molecule has 25 heavy (non-hydrogen) atoms. The largest absolute Gasteiger partial charge is 0.325 e. The smallest absolute Gasteiger partial charge is 0.325 e. The lowest BCUT2D eigenvalue weighted by Gasteiger charge is -2.14. The van der Waals surface area contributed by atoms with Crippen molar-refractivity contribution in [1.82, 2.24) is 10.2 Å². The Balaban J connectivity index is 1.81. The maximum atomic E-state index is 14.0. The van der Waals surface area contributed by atoms with Crippen LogP contribution in [0.3, 0.4) is 0 Å². The Hall–Kier alpha value is -3.29. The molecule has 0 saturated carbocycles. The number of benzene rings is 2. The van der Waals surface area contributed by atoms with Crippen LogP contribution in [0.2, 0.25) is 0 Å². The number of carbonyl (C=O) groups excluding carboxylic acids is 2. The highest BCUT2D eigenvalue weighted by Gasteiger charge is 2.39. The van der Waals surface area contributed by atoms with Crippen molar-refractivity contribution in [2.75, 3.05) is 0 Å². The second-order valence-corrected chi connectivity index (χ2v) is 5.61. The summed E-state index contributed by atoms with van der Waals surface area (Å²) in [7, 11) is 0. The van der Waals surface area contributed by atoms with Gasteiger partial charge in [-0.1, -0.05) is 36.4 Å². The van der Waals surface area contributed by atoms with E-state index in [2.05, 4.69) is 5.32 Å². The minimum absolute atomic E-state index is 0.293. The molecule has 8 heteroatoms. The van der Waals surface area contributed by atoms with Crippen LogP contribution >= 0.6 is 0 Å². The van der Waals surface area contributed by atoms with E-state index in [1.54, 1.807) is 0 Å². The number of nitro groups is 1. The summed E-state index contributed by atoms with van der Waals surface area (Å²) in [5.74, 6) is -1.37. The van der Waals surface area contributed by atoms with E-state index in [1.165, 1.54) is 6.07 Å². The molecule has 1 unspecified atom stereocenters. The SMILES string of the molecule is O=C1NC(Cc2ccccc2)C(=O)N1Cc1c(F)cccc1[N+](=O)[O-]. The molecule has 0 radical (unpaired) electrons. The molecule has 1 heterocycles. The number of imide groups is 1. The molecule has 0 spiro atoms. The molecule has 3 amide bonds. The van der Waals surface area contributed by atoms with Crippen molar-refractivity contribution in [1.29, 1.82) is 0 Å². The van der Waals surface area contributed by atoms with Gasteiger partial charge in [0.25, 0.3) is 11.6 Å². The average molecular weight is 343 g/mol. The first-order valence-electron chi connectivity index (χ1n) is 7.55. The van der Waals surface area contributed by atoms with Gasteiger partial charge in [0.05, 0.1) is 17.0 Å². The number of halogens is 1. The highest BCUT2D eigenvalue weighted by atomic mass is 19.1. The third kappa shape index (κ3) is 3.32. The maximum absolute atomic E-state index is 14.0. The Morgan fingerprint density at radius 2 is 1.84 bits per heavy atom. The molecule has 3 rings (SSSR count). The molecule has 1 saturated heterocycles. The first kappa shape index (κ1) is 16.6. The molecule has 1 atom stereocenters. The van der Waals surface area contributed by atoms with E-state index in [0.717, 1.165) is 22.6 Å². The maximum Gasteiger partial charge on any atom is 0.325 e. The highest BCUT2D eigenvalue weighted by molar-refractivity contribution is 6.04. The topological polar surface area (TPSA) is 92.6 Å². The summed E-state index contributed by atoms with van der Waals surface area (Å²) < 4.78 is 14.0. The van der Waals surface area contributed by atoms with E-state index in [4.69, 9.17) is 0 Å². The van der Waals surface area contributed by atoms with Crippen LogP contribution in [-0.2, 0) is 17.8 Å². The van der Waals surface area contributed by atoms with Crippen LogP contribution in [0.4, 0.5) is 14.9 Å². The molecule has 1 aliphatic rings. The molecule has 0 aliphatic carbocycles. The third-order valence-electron chi connectivity index (χ3n) is 4.00. The lowest BCUT2D eigenvalue weighted by atomic mass is 10.1. The Kier molecular flexibility index (Phi) is 4.42. The van der Waals surface area contributed by atoms with Gasteiger partial charge < -0.3 is 5.32 Å². The number of carbonyl (C=O) groups is 2. The van der Waals surface area contributed by atoms with Crippen LogP contribution in [0.15, 0.2) is 48.5 Å². The van der Waals surface area contributed by atoms with E-state index in [-0.39, 0.29) is 5.56 Å².